The molecule has 0 radical (unpaired) electrons. The van der Waals surface area contributed by atoms with Gasteiger partial charge in [0, 0.05) is 30.2 Å². The molecule has 6 heteroatoms. The summed E-state index contributed by atoms with van der Waals surface area (Å²) >= 11 is 0. The molecule has 2 aromatic carbocycles. The van der Waals surface area contributed by atoms with Gasteiger partial charge in [-0.3, -0.25) is 4.79 Å². The molecule has 27 heavy (non-hydrogen) atoms. The summed E-state index contributed by atoms with van der Waals surface area (Å²) in [6.45, 7) is 1.12. The van der Waals surface area contributed by atoms with Crippen molar-refractivity contribution in [3.8, 4) is 0 Å². The highest BCUT2D eigenvalue weighted by Gasteiger charge is 2.38. The minimum Gasteiger partial charge on any atom is -0.336 e. The summed E-state index contributed by atoms with van der Waals surface area (Å²) in [6, 6.07) is 17.1. The van der Waals surface area contributed by atoms with Gasteiger partial charge < -0.3 is 10.6 Å². The van der Waals surface area contributed by atoms with E-state index in [1.54, 1.807) is 12.1 Å². The second-order valence-corrected chi connectivity index (χ2v) is 10.1. The quantitative estimate of drug-likeness (QED) is 0.884. The van der Waals surface area contributed by atoms with E-state index in [4.69, 9.17) is 5.73 Å². The maximum absolute atomic E-state index is 13.0. The van der Waals surface area contributed by atoms with E-state index in [1.165, 1.54) is 0 Å². The molecule has 2 aliphatic rings. The van der Waals surface area contributed by atoms with Gasteiger partial charge in [-0.2, -0.15) is 4.36 Å². The summed E-state index contributed by atoms with van der Waals surface area (Å²) in [6.07, 6.45) is 2.67. The van der Waals surface area contributed by atoms with Gasteiger partial charge in [0.05, 0.1) is 21.0 Å². The number of nitrogens with two attached hydrogens (primary N) is 1. The lowest BCUT2D eigenvalue weighted by atomic mass is 9.90. The summed E-state index contributed by atoms with van der Waals surface area (Å²) in [7, 11) is -2.14. The monoisotopic (exact) mass is 383 g/mol. The van der Waals surface area contributed by atoms with Gasteiger partial charge in [0.1, 0.15) is 0 Å². The van der Waals surface area contributed by atoms with Crippen molar-refractivity contribution in [3.05, 3.63) is 65.7 Å². The number of carbonyl (C=O) groups excluding carboxylic acids is 1. The number of nitrogens with zero attached hydrogens (tertiary/aromatic N) is 2. The largest absolute Gasteiger partial charge is 0.336 e. The van der Waals surface area contributed by atoms with E-state index in [1.807, 2.05) is 47.4 Å². The second-order valence-electron chi connectivity index (χ2n) is 7.53. The standard InChI is InChI=1S/C21H25N3O2S/c22-21(18-8-2-1-3-9-18)11-12-24(16-21)20(25)17-7-6-10-19(15-17)23-27(26)13-4-5-14-27/h1-3,6-10,15H,4-5,11-14,16,22H2. The van der Waals surface area contributed by atoms with Gasteiger partial charge in [-0.1, -0.05) is 36.4 Å². The van der Waals surface area contributed by atoms with E-state index < -0.39 is 15.3 Å². The number of amides is 1. The SMILES string of the molecule is NC1(c2ccccc2)CCN(C(=O)c2cccc(N=S3(=O)CCCC3)c2)C1. The third kappa shape index (κ3) is 3.77. The van der Waals surface area contributed by atoms with Crippen LogP contribution in [-0.2, 0) is 15.3 Å². The number of benzene rings is 2. The first-order valence-corrected chi connectivity index (χ1v) is 11.3. The fourth-order valence-corrected chi connectivity index (χ4v) is 6.13. The molecule has 4 rings (SSSR count). The van der Waals surface area contributed by atoms with Crippen LogP contribution < -0.4 is 5.73 Å². The minimum atomic E-state index is -2.14. The van der Waals surface area contributed by atoms with Crippen molar-refractivity contribution < 1.29 is 9.00 Å². The summed E-state index contributed by atoms with van der Waals surface area (Å²) in [5.74, 6) is 1.27. The molecule has 0 aromatic heterocycles. The van der Waals surface area contributed by atoms with Crippen LogP contribution >= 0.6 is 0 Å². The number of hydrogen-bond donors (Lipinski definition) is 1. The van der Waals surface area contributed by atoms with E-state index in [-0.39, 0.29) is 5.91 Å². The van der Waals surface area contributed by atoms with E-state index in [9.17, 15) is 9.00 Å². The molecule has 2 fully saturated rings. The number of hydrogen-bond acceptors (Lipinski definition) is 4. The molecule has 142 valence electrons. The zero-order valence-electron chi connectivity index (χ0n) is 15.3. The molecule has 2 heterocycles. The molecule has 2 N–H and O–H groups in total. The average molecular weight is 384 g/mol. The van der Waals surface area contributed by atoms with Crippen LogP contribution in [0.2, 0.25) is 0 Å². The van der Waals surface area contributed by atoms with Crippen molar-refractivity contribution >= 4 is 21.3 Å². The first-order valence-electron chi connectivity index (χ1n) is 9.44. The second kappa shape index (κ2) is 7.09. The number of carbonyl (C=O) groups is 1. The van der Waals surface area contributed by atoms with Gasteiger partial charge in [0.25, 0.3) is 5.91 Å². The molecule has 0 bridgehead atoms. The Morgan fingerprint density at radius 2 is 1.81 bits per heavy atom. The topological polar surface area (TPSA) is 75.8 Å². The Morgan fingerprint density at radius 1 is 1.07 bits per heavy atom. The van der Waals surface area contributed by atoms with Crippen LogP contribution in [0.25, 0.3) is 0 Å². The van der Waals surface area contributed by atoms with E-state index in [2.05, 4.69) is 4.36 Å². The molecule has 1 amide bonds. The zero-order chi connectivity index (χ0) is 18.9. The fourth-order valence-electron chi connectivity index (χ4n) is 3.93. The predicted octanol–water partition coefficient (Wildman–Crippen LogP) is 3.28. The Morgan fingerprint density at radius 3 is 2.56 bits per heavy atom. The molecule has 5 nitrogen and oxygen atoms in total. The van der Waals surface area contributed by atoms with Gasteiger partial charge in [-0.05, 0) is 43.0 Å². The Labute approximate surface area is 160 Å². The van der Waals surface area contributed by atoms with Crippen LogP contribution in [0.1, 0.15) is 35.2 Å². The van der Waals surface area contributed by atoms with Crippen molar-refractivity contribution in [3.63, 3.8) is 0 Å². The maximum atomic E-state index is 13.0. The third-order valence-corrected chi connectivity index (χ3v) is 7.87. The molecular formula is C21H25N3O2S. The molecule has 0 saturated carbocycles. The minimum absolute atomic E-state index is 0.0447. The van der Waals surface area contributed by atoms with Gasteiger partial charge in [0.2, 0.25) is 0 Å². The normalized spacial score (nSPS) is 24.1. The van der Waals surface area contributed by atoms with Crippen molar-refractivity contribution in [2.45, 2.75) is 24.8 Å². The first kappa shape index (κ1) is 18.2. The summed E-state index contributed by atoms with van der Waals surface area (Å²) in [5, 5.41) is 0. The van der Waals surface area contributed by atoms with Gasteiger partial charge in [0.15, 0.2) is 0 Å². The van der Waals surface area contributed by atoms with Crippen molar-refractivity contribution in [1.82, 2.24) is 4.90 Å². The zero-order valence-corrected chi connectivity index (χ0v) is 16.2. The lowest BCUT2D eigenvalue weighted by molar-refractivity contribution is 0.0783. The molecule has 2 aromatic rings. The lowest BCUT2D eigenvalue weighted by Gasteiger charge is -2.25. The lowest BCUT2D eigenvalue weighted by Crippen LogP contribution is -2.41. The Kier molecular flexibility index (Phi) is 4.78. The Bertz CT molecular complexity index is 954. The van der Waals surface area contributed by atoms with Crippen LogP contribution in [0.15, 0.2) is 59.0 Å². The van der Waals surface area contributed by atoms with Crippen molar-refractivity contribution in [2.24, 2.45) is 10.1 Å². The number of likely N-dealkylation sites (tertiary alicyclic amines) is 1. The fraction of sp³-hybridized carbons (Fsp3) is 0.381. The predicted molar refractivity (Wildman–Crippen MR) is 108 cm³/mol. The van der Waals surface area contributed by atoms with Crippen LogP contribution in [0.3, 0.4) is 0 Å². The van der Waals surface area contributed by atoms with Crippen molar-refractivity contribution in [2.75, 3.05) is 24.6 Å². The van der Waals surface area contributed by atoms with Crippen LogP contribution in [0, 0.1) is 0 Å². The molecule has 1 atom stereocenters. The molecular weight excluding hydrogens is 358 g/mol. The van der Waals surface area contributed by atoms with E-state index in [0.29, 0.717) is 35.8 Å². The molecule has 2 aliphatic heterocycles. The highest BCUT2D eigenvalue weighted by Crippen LogP contribution is 2.31. The van der Waals surface area contributed by atoms with Crippen LogP contribution in [-0.4, -0.2) is 39.6 Å². The maximum Gasteiger partial charge on any atom is 0.254 e. The van der Waals surface area contributed by atoms with Crippen LogP contribution in [0.4, 0.5) is 5.69 Å². The summed E-state index contributed by atoms with van der Waals surface area (Å²) in [4.78, 5) is 14.8. The molecule has 1 unspecified atom stereocenters. The smallest absolute Gasteiger partial charge is 0.254 e. The van der Waals surface area contributed by atoms with Gasteiger partial charge in [-0.15, -0.1) is 0 Å². The Hall–Kier alpha value is -2.18. The van der Waals surface area contributed by atoms with Crippen LogP contribution in [0.5, 0.6) is 0 Å². The summed E-state index contributed by atoms with van der Waals surface area (Å²) in [5.41, 5.74) is 8.35. The first-order chi connectivity index (χ1) is 13.0. The van der Waals surface area contributed by atoms with Gasteiger partial charge >= 0.3 is 0 Å². The molecule has 2 saturated heterocycles. The summed E-state index contributed by atoms with van der Waals surface area (Å²) < 4.78 is 17.1. The average Bonchev–Trinajstić information content (AvgIpc) is 3.29. The molecule has 0 spiro atoms. The molecule has 0 aliphatic carbocycles. The Balaban J connectivity index is 1.54. The highest BCUT2D eigenvalue weighted by atomic mass is 32.2. The third-order valence-electron chi connectivity index (χ3n) is 5.48. The highest BCUT2D eigenvalue weighted by molar-refractivity contribution is 7.93. The van der Waals surface area contributed by atoms with E-state index >= 15 is 0 Å². The van der Waals surface area contributed by atoms with Gasteiger partial charge in [-0.25, -0.2) is 4.21 Å². The number of rotatable bonds is 3. The van der Waals surface area contributed by atoms with E-state index in [0.717, 1.165) is 24.8 Å². The van der Waals surface area contributed by atoms with Crippen molar-refractivity contribution in [1.29, 1.82) is 0 Å².